The highest BCUT2D eigenvalue weighted by molar-refractivity contribution is 7.87. The van der Waals surface area contributed by atoms with E-state index in [0.717, 1.165) is 31.2 Å². The van der Waals surface area contributed by atoms with Gasteiger partial charge in [0.05, 0.1) is 6.10 Å². The Hall–Kier alpha value is -1.49. The molecule has 0 fully saturated rings. The molecule has 4 nitrogen and oxygen atoms in total. The van der Waals surface area contributed by atoms with Crippen LogP contribution in [-0.4, -0.2) is 20.3 Å². The number of rotatable bonds is 4. The molecule has 120 valence electrons. The topological polar surface area (TPSA) is 52.6 Å². The molecule has 21 heavy (non-hydrogen) atoms. The van der Waals surface area contributed by atoms with Crippen molar-refractivity contribution in [3.63, 3.8) is 0 Å². The molecule has 0 heterocycles. The van der Waals surface area contributed by atoms with Crippen molar-refractivity contribution in [3.05, 3.63) is 29.8 Å². The zero-order chi connectivity index (χ0) is 16.5. The Balaban J connectivity index is 2.83. The number of hydrogen-bond donors (Lipinski definition) is 0. The van der Waals surface area contributed by atoms with E-state index in [0.29, 0.717) is 0 Å². The van der Waals surface area contributed by atoms with Gasteiger partial charge in [0.25, 0.3) is 0 Å². The van der Waals surface area contributed by atoms with Gasteiger partial charge in [-0.15, -0.1) is 13.2 Å². The Kier molecular flexibility index (Phi) is 4.78. The first-order valence-corrected chi connectivity index (χ1v) is 6.58. The minimum absolute atomic E-state index is 0.0719. The summed E-state index contributed by atoms with van der Waals surface area (Å²) in [6, 6.07) is 3.56. The molecule has 11 heteroatoms. The highest BCUT2D eigenvalue weighted by Gasteiger charge is 2.48. The lowest BCUT2D eigenvalue weighted by atomic mass is 10.1. The van der Waals surface area contributed by atoms with Crippen LogP contribution < -0.4 is 4.74 Å². The van der Waals surface area contributed by atoms with E-state index >= 15 is 0 Å². The zero-order valence-electron chi connectivity index (χ0n) is 10.2. The Morgan fingerprint density at radius 3 is 1.86 bits per heavy atom. The third-order valence-electron chi connectivity index (χ3n) is 2.14. The summed E-state index contributed by atoms with van der Waals surface area (Å²) in [6.45, 7) is 1.00. The smallest absolute Gasteiger partial charge is 0.406 e. The van der Waals surface area contributed by atoms with Crippen LogP contribution in [-0.2, 0) is 14.3 Å². The van der Waals surface area contributed by atoms with Crippen LogP contribution >= 0.6 is 0 Å². The average molecular weight is 338 g/mol. The first-order valence-electron chi connectivity index (χ1n) is 5.17. The van der Waals surface area contributed by atoms with Crippen LogP contribution in [0, 0.1) is 0 Å². The molecular formula is C10H8F6O4S. The second-order valence-corrected chi connectivity index (χ2v) is 5.32. The molecule has 0 radical (unpaired) electrons. The molecule has 0 saturated heterocycles. The van der Waals surface area contributed by atoms with E-state index in [1.165, 1.54) is 0 Å². The van der Waals surface area contributed by atoms with Gasteiger partial charge in [-0.25, -0.2) is 0 Å². The van der Waals surface area contributed by atoms with Gasteiger partial charge in [0, 0.05) is 0 Å². The van der Waals surface area contributed by atoms with Crippen molar-refractivity contribution < 1.29 is 43.7 Å². The fourth-order valence-electron chi connectivity index (χ4n) is 1.24. The van der Waals surface area contributed by atoms with E-state index in [9.17, 15) is 34.8 Å². The maximum Gasteiger partial charge on any atom is 0.573 e. The molecule has 0 amide bonds. The van der Waals surface area contributed by atoms with Crippen LogP contribution in [0.15, 0.2) is 24.3 Å². The van der Waals surface area contributed by atoms with Gasteiger partial charge < -0.3 is 4.74 Å². The lowest BCUT2D eigenvalue weighted by Crippen LogP contribution is -2.26. The molecule has 1 aromatic rings. The maximum absolute atomic E-state index is 12.1. The Morgan fingerprint density at radius 1 is 1.00 bits per heavy atom. The molecule has 1 unspecified atom stereocenters. The highest BCUT2D eigenvalue weighted by atomic mass is 32.2. The van der Waals surface area contributed by atoms with Gasteiger partial charge >= 0.3 is 22.0 Å². The molecular weight excluding hydrogens is 330 g/mol. The predicted molar refractivity (Wildman–Crippen MR) is 57.6 cm³/mol. The van der Waals surface area contributed by atoms with Crippen molar-refractivity contribution in [1.82, 2.24) is 0 Å². The van der Waals surface area contributed by atoms with Gasteiger partial charge in [-0.3, -0.25) is 4.18 Å². The fourth-order valence-corrected chi connectivity index (χ4v) is 1.84. The summed E-state index contributed by atoms with van der Waals surface area (Å²) >= 11 is 0. The SMILES string of the molecule is CC(OS(=O)(=O)C(F)(F)F)c1ccc(OC(F)(F)F)cc1. The molecule has 0 aliphatic carbocycles. The monoisotopic (exact) mass is 338 g/mol. The standard InChI is InChI=1S/C10H8F6O4S/c1-6(20-21(17,18)10(14,15)16)7-2-4-8(5-3-7)19-9(11,12)13/h2-6H,1H3. The van der Waals surface area contributed by atoms with Gasteiger partial charge in [-0.2, -0.15) is 21.6 Å². The molecule has 0 aromatic heterocycles. The molecule has 0 spiro atoms. The number of alkyl halides is 6. The van der Waals surface area contributed by atoms with Crippen LogP contribution in [0.4, 0.5) is 26.3 Å². The Morgan fingerprint density at radius 2 is 1.48 bits per heavy atom. The summed E-state index contributed by atoms with van der Waals surface area (Å²) in [6.07, 6.45) is -6.44. The first kappa shape index (κ1) is 17.6. The summed E-state index contributed by atoms with van der Waals surface area (Å²) in [5.74, 6) is -0.600. The van der Waals surface area contributed by atoms with E-state index in [1.807, 2.05) is 0 Å². The van der Waals surface area contributed by atoms with Gasteiger partial charge in [0.2, 0.25) is 0 Å². The third kappa shape index (κ3) is 5.08. The first-order chi connectivity index (χ1) is 9.32. The van der Waals surface area contributed by atoms with E-state index in [1.54, 1.807) is 0 Å². The summed E-state index contributed by atoms with van der Waals surface area (Å²) < 4.78 is 101. The quantitative estimate of drug-likeness (QED) is 0.479. The highest BCUT2D eigenvalue weighted by Crippen LogP contribution is 2.31. The normalized spacial score (nSPS) is 14.8. The number of hydrogen-bond acceptors (Lipinski definition) is 4. The van der Waals surface area contributed by atoms with E-state index < -0.39 is 33.8 Å². The molecule has 0 saturated carbocycles. The van der Waals surface area contributed by atoms with E-state index in [2.05, 4.69) is 8.92 Å². The molecule has 1 aromatic carbocycles. The van der Waals surface area contributed by atoms with Gasteiger partial charge in [-0.1, -0.05) is 12.1 Å². The van der Waals surface area contributed by atoms with Crippen molar-refractivity contribution >= 4 is 10.1 Å². The maximum atomic E-state index is 12.1. The Labute approximate surface area is 115 Å². The van der Waals surface area contributed by atoms with Gasteiger partial charge in [0.15, 0.2) is 0 Å². The van der Waals surface area contributed by atoms with Crippen LogP contribution in [0.2, 0.25) is 0 Å². The van der Waals surface area contributed by atoms with Crippen LogP contribution in [0.3, 0.4) is 0 Å². The minimum atomic E-state index is -5.80. The molecule has 0 N–H and O–H groups in total. The summed E-state index contributed by atoms with van der Waals surface area (Å²) in [5, 5.41) is 0. The van der Waals surface area contributed by atoms with Crippen molar-refractivity contribution in [3.8, 4) is 5.75 Å². The number of halogens is 6. The van der Waals surface area contributed by atoms with Crippen molar-refractivity contribution in [1.29, 1.82) is 0 Å². The number of benzene rings is 1. The summed E-state index contributed by atoms with van der Waals surface area (Å²) in [5.41, 5.74) is -5.65. The Bertz CT molecular complexity index is 575. The van der Waals surface area contributed by atoms with Gasteiger partial charge in [-0.05, 0) is 24.6 Å². The fraction of sp³-hybridized carbons (Fsp3) is 0.400. The van der Waals surface area contributed by atoms with Gasteiger partial charge in [0.1, 0.15) is 5.75 Å². The second-order valence-electron chi connectivity index (χ2n) is 3.76. The second kappa shape index (κ2) is 5.72. The van der Waals surface area contributed by atoms with Crippen molar-refractivity contribution in [2.24, 2.45) is 0 Å². The van der Waals surface area contributed by atoms with Crippen LogP contribution in [0.25, 0.3) is 0 Å². The minimum Gasteiger partial charge on any atom is -0.406 e. The summed E-state index contributed by atoms with van der Waals surface area (Å²) in [7, 11) is -5.80. The molecule has 0 aliphatic rings. The van der Waals surface area contributed by atoms with Crippen molar-refractivity contribution in [2.75, 3.05) is 0 Å². The van der Waals surface area contributed by atoms with Crippen molar-refractivity contribution in [2.45, 2.75) is 24.9 Å². The summed E-state index contributed by atoms with van der Waals surface area (Å²) in [4.78, 5) is 0. The number of ether oxygens (including phenoxy) is 1. The zero-order valence-corrected chi connectivity index (χ0v) is 11.0. The lowest BCUT2D eigenvalue weighted by molar-refractivity contribution is -0.274. The molecule has 1 atom stereocenters. The largest absolute Gasteiger partial charge is 0.573 e. The predicted octanol–water partition coefficient (Wildman–Crippen LogP) is 3.51. The average Bonchev–Trinajstić information content (AvgIpc) is 2.25. The third-order valence-corrected chi connectivity index (χ3v) is 3.25. The molecule has 1 rings (SSSR count). The molecule has 0 bridgehead atoms. The van der Waals surface area contributed by atoms with E-state index in [-0.39, 0.29) is 5.56 Å². The van der Waals surface area contributed by atoms with E-state index in [4.69, 9.17) is 0 Å². The molecule has 0 aliphatic heterocycles. The van der Waals surface area contributed by atoms with Crippen LogP contribution in [0.1, 0.15) is 18.6 Å². The lowest BCUT2D eigenvalue weighted by Gasteiger charge is -2.15. The van der Waals surface area contributed by atoms with Crippen LogP contribution in [0.5, 0.6) is 5.75 Å².